The lowest BCUT2D eigenvalue weighted by Crippen LogP contribution is -2.42. The Kier molecular flexibility index (Phi) is 4.41. The Morgan fingerprint density at radius 1 is 1.21 bits per heavy atom. The lowest BCUT2D eigenvalue weighted by Gasteiger charge is -2.38. The number of carbonyl (C=O) groups is 2. The van der Waals surface area contributed by atoms with Crippen LogP contribution in [0.1, 0.15) is 40.2 Å². The van der Waals surface area contributed by atoms with Gasteiger partial charge in [0.1, 0.15) is 11.2 Å². The van der Waals surface area contributed by atoms with Crippen molar-refractivity contribution in [2.75, 3.05) is 4.90 Å². The molecule has 148 valence electrons. The van der Waals surface area contributed by atoms with Gasteiger partial charge in [-0.15, -0.1) is 0 Å². The van der Waals surface area contributed by atoms with Crippen LogP contribution in [-0.2, 0) is 15.1 Å². The number of hydrogen-bond donors (Lipinski definition) is 0. The maximum Gasteiger partial charge on any atom is 0.421 e. The van der Waals surface area contributed by atoms with Crippen LogP contribution in [0.3, 0.4) is 0 Å². The average Bonchev–Trinajstić information content (AvgIpc) is 2.98. The van der Waals surface area contributed by atoms with E-state index >= 15 is 0 Å². The standard InChI is InChI=1S/C19H21N3O6/c1-18(2,3)27-16(23)20-11-10-14(22(25)26)15(20)21-13-9-7-6-8-12(13)19(4,5)28-17(21)24/h6-11H,1-5H3. The van der Waals surface area contributed by atoms with Gasteiger partial charge in [-0.1, -0.05) is 18.2 Å². The van der Waals surface area contributed by atoms with Crippen LogP contribution in [0.2, 0.25) is 0 Å². The maximum absolute atomic E-state index is 12.8. The van der Waals surface area contributed by atoms with Gasteiger partial charge < -0.3 is 9.47 Å². The topological polar surface area (TPSA) is 104 Å². The van der Waals surface area contributed by atoms with Gasteiger partial charge in [0.05, 0.1) is 10.6 Å². The molecule has 0 saturated carbocycles. The van der Waals surface area contributed by atoms with E-state index < -0.39 is 34.0 Å². The third-order valence-electron chi connectivity index (χ3n) is 4.16. The van der Waals surface area contributed by atoms with E-state index in [1.54, 1.807) is 58.9 Å². The van der Waals surface area contributed by atoms with Crippen LogP contribution < -0.4 is 4.90 Å². The first-order chi connectivity index (χ1) is 12.9. The van der Waals surface area contributed by atoms with Gasteiger partial charge in [0.15, 0.2) is 0 Å². The highest BCUT2D eigenvalue weighted by atomic mass is 16.6. The smallest absolute Gasteiger partial charge is 0.421 e. The third-order valence-corrected chi connectivity index (χ3v) is 4.16. The number of amides is 1. The normalized spacial score (nSPS) is 15.6. The summed E-state index contributed by atoms with van der Waals surface area (Å²) in [5.41, 5.74) is -1.12. The average molecular weight is 387 g/mol. The molecular formula is C19H21N3O6. The van der Waals surface area contributed by atoms with Crippen molar-refractivity contribution in [2.24, 2.45) is 0 Å². The second-order valence-electron chi connectivity index (χ2n) is 7.86. The van der Waals surface area contributed by atoms with Crippen LogP contribution in [0.15, 0.2) is 36.5 Å². The maximum atomic E-state index is 12.8. The highest BCUT2D eigenvalue weighted by Gasteiger charge is 2.43. The molecule has 1 aromatic carbocycles. The molecule has 1 aromatic heterocycles. The first-order valence-electron chi connectivity index (χ1n) is 8.64. The van der Waals surface area contributed by atoms with Crippen molar-refractivity contribution < 1.29 is 24.0 Å². The molecule has 2 aromatic rings. The summed E-state index contributed by atoms with van der Waals surface area (Å²) in [6.45, 7) is 8.48. The Hall–Kier alpha value is -3.36. The Morgan fingerprint density at radius 2 is 1.86 bits per heavy atom. The number of nitrogens with zero attached hydrogens (tertiary/aromatic N) is 3. The molecule has 9 heteroatoms. The minimum absolute atomic E-state index is 0.243. The van der Waals surface area contributed by atoms with Crippen LogP contribution >= 0.6 is 0 Å². The number of hydrogen-bond acceptors (Lipinski definition) is 6. The lowest BCUT2D eigenvalue weighted by molar-refractivity contribution is -0.384. The fourth-order valence-corrected chi connectivity index (χ4v) is 3.03. The second-order valence-corrected chi connectivity index (χ2v) is 7.86. The highest BCUT2D eigenvalue weighted by Crippen LogP contribution is 2.45. The van der Waals surface area contributed by atoms with Crippen LogP contribution in [0.25, 0.3) is 0 Å². The van der Waals surface area contributed by atoms with Gasteiger partial charge in [0.2, 0.25) is 5.82 Å². The Bertz CT molecular complexity index is 970. The van der Waals surface area contributed by atoms with Gasteiger partial charge in [-0.25, -0.2) is 19.1 Å². The molecule has 0 radical (unpaired) electrons. The lowest BCUT2D eigenvalue weighted by atomic mass is 9.94. The SMILES string of the molecule is CC(C)(C)OC(=O)n1ccc([N+](=O)[O-])c1N1C(=O)OC(C)(C)c2ccccc21. The van der Waals surface area contributed by atoms with Crippen LogP contribution in [0, 0.1) is 10.1 Å². The summed E-state index contributed by atoms with van der Waals surface area (Å²) in [4.78, 5) is 37.4. The van der Waals surface area contributed by atoms with Gasteiger partial charge in [0, 0.05) is 17.8 Å². The first-order valence-corrected chi connectivity index (χ1v) is 8.64. The first kappa shape index (κ1) is 19.4. The molecule has 0 saturated heterocycles. The Balaban J connectivity index is 2.23. The summed E-state index contributed by atoms with van der Waals surface area (Å²) in [5, 5.41) is 11.6. The summed E-state index contributed by atoms with van der Waals surface area (Å²) in [6, 6.07) is 8.04. The summed E-state index contributed by atoms with van der Waals surface area (Å²) in [5.74, 6) is -0.243. The summed E-state index contributed by atoms with van der Waals surface area (Å²) < 4.78 is 11.8. The van der Waals surface area contributed by atoms with E-state index in [-0.39, 0.29) is 5.82 Å². The number of nitro groups is 1. The van der Waals surface area contributed by atoms with Crippen molar-refractivity contribution >= 4 is 29.4 Å². The largest absolute Gasteiger partial charge is 0.443 e. The van der Waals surface area contributed by atoms with E-state index in [4.69, 9.17) is 9.47 Å². The molecule has 1 amide bonds. The van der Waals surface area contributed by atoms with Gasteiger partial charge in [0.25, 0.3) is 0 Å². The molecule has 0 N–H and O–H groups in total. The van der Waals surface area contributed by atoms with E-state index in [1.807, 2.05) is 0 Å². The van der Waals surface area contributed by atoms with Crippen LogP contribution in [-0.4, -0.2) is 27.3 Å². The zero-order valence-electron chi connectivity index (χ0n) is 16.3. The number of cyclic esters (lactones) is 1. The van der Waals surface area contributed by atoms with E-state index in [9.17, 15) is 19.7 Å². The van der Waals surface area contributed by atoms with E-state index in [1.165, 1.54) is 6.20 Å². The van der Waals surface area contributed by atoms with E-state index in [0.29, 0.717) is 11.3 Å². The van der Waals surface area contributed by atoms with Gasteiger partial charge in [-0.05, 0) is 40.7 Å². The fraction of sp³-hybridized carbons (Fsp3) is 0.368. The minimum atomic E-state index is -0.928. The van der Waals surface area contributed by atoms with Crippen molar-refractivity contribution in [3.05, 3.63) is 52.2 Å². The number of aromatic nitrogens is 1. The number of carbonyl (C=O) groups excluding carboxylic acids is 2. The van der Waals surface area contributed by atoms with Gasteiger partial charge in [-0.2, -0.15) is 0 Å². The van der Waals surface area contributed by atoms with Crippen molar-refractivity contribution in [2.45, 2.75) is 45.8 Å². The minimum Gasteiger partial charge on any atom is -0.443 e. The molecule has 0 spiro atoms. The van der Waals surface area contributed by atoms with E-state index in [2.05, 4.69) is 0 Å². The van der Waals surface area contributed by atoms with Crippen molar-refractivity contribution in [1.29, 1.82) is 0 Å². The quantitative estimate of drug-likeness (QED) is 0.546. The number of rotatable bonds is 2. The summed E-state index contributed by atoms with van der Waals surface area (Å²) >= 11 is 0. The zero-order valence-corrected chi connectivity index (χ0v) is 16.3. The molecule has 1 aliphatic heterocycles. The number of fused-ring (bicyclic) bond motifs is 1. The summed E-state index contributed by atoms with van der Waals surface area (Å²) in [6.07, 6.45) is -0.460. The number of benzene rings is 1. The molecule has 1 aliphatic rings. The molecule has 28 heavy (non-hydrogen) atoms. The Labute approximate surface area is 161 Å². The number of anilines is 2. The predicted molar refractivity (Wildman–Crippen MR) is 101 cm³/mol. The molecule has 0 bridgehead atoms. The molecule has 0 unspecified atom stereocenters. The predicted octanol–water partition coefficient (Wildman–Crippen LogP) is 4.70. The van der Waals surface area contributed by atoms with Crippen molar-refractivity contribution in [3.63, 3.8) is 0 Å². The molecule has 0 atom stereocenters. The second kappa shape index (κ2) is 6.36. The molecule has 0 aliphatic carbocycles. The molecular weight excluding hydrogens is 366 g/mol. The van der Waals surface area contributed by atoms with Crippen LogP contribution in [0.4, 0.5) is 26.8 Å². The van der Waals surface area contributed by atoms with Crippen molar-refractivity contribution in [3.8, 4) is 0 Å². The highest BCUT2D eigenvalue weighted by molar-refractivity contribution is 6.02. The molecule has 9 nitrogen and oxygen atoms in total. The molecule has 2 heterocycles. The zero-order chi connectivity index (χ0) is 20.9. The molecule has 0 fully saturated rings. The molecule has 3 rings (SSSR count). The van der Waals surface area contributed by atoms with E-state index in [0.717, 1.165) is 15.5 Å². The summed E-state index contributed by atoms with van der Waals surface area (Å²) in [7, 11) is 0. The van der Waals surface area contributed by atoms with Gasteiger partial charge in [-0.3, -0.25) is 10.1 Å². The monoisotopic (exact) mass is 387 g/mol. The Morgan fingerprint density at radius 3 is 2.46 bits per heavy atom. The fourth-order valence-electron chi connectivity index (χ4n) is 3.03. The number of ether oxygens (including phenoxy) is 2. The van der Waals surface area contributed by atoms with Crippen molar-refractivity contribution in [1.82, 2.24) is 4.57 Å². The third kappa shape index (κ3) is 3.30. The van der Waals surface area contributed by atoms with Gasteiger partial charge >= 0.3 is 17.9 Å². The number of para-hydroxylation sites is 1. The van der Waals surface area contributed by atoms with Crippen LogP contribution in [0.5, 0.6) is 0 Å².